The number of ketones is 4. The number of ether oxygens (including phenoxy) is 4. The van der Waals surface area contributed by atoms with Crippen LogP contribution in [0.1, 0.15) is 84.6 Å². The molecule has 0 unspecified atom stereocenters. The van der Waals surface area contributed by atoms with Gasteiger partial charge in [0.1, 0.15) is 26.4 Å². The molecule has 0 saturated heterocycles. The quantitative estimate of drug-likeness (QED) is 0.0252. The number of thiophene rings is 2. The van der Waals surface area contributed by atoms with Crippen molar-refractivity contribution in [1.82, 2.24) is 0 Å². The third-order valence-electron chi connectivity index (χ3n) is 16.4. The molecule has 440 valence electrons. The van der Waals surface area contributed by atoms with Crippen LogP contribution in [0.4, 0.5) is 17.6 Å². The van der Waals surface area contributed by atoms with Gasteiger partial charge in [0.05, 0.1) is 20.5 Å². The Balaban J connectivity index is 0.992. The first-order chi connectivity index (χ1) is 43.5. The van der Waals surface area contributed by atoms with Crippen molar-refractivity contribution < 1.29 is 74.9 Å². The van der Waals surface area contributed by atoms with Crippen LogP contribution < -0.4 is 0 Å². The molecule has 0 spiro atoms. The van der Waals surface area contributed by atoms with Gasteiger partial charge in [0.2, 0.25) is 10.8 Å². The topological polar surface area (TPSA) is 173 Å². The zero-order valence-electron chi connectivity index (χ0n) is 46.5. The van der Waals surface area contributed by atoms with Gasteiger partial charge in [0.25, 0.3) is 0 Å². The highest BCUT2D eigenvalue weighted by Crippen LogP contribution is 2.60. The molecule has 0 atom stereocenters. The Morgan fingerprint density at radius 1 is 0.367 bits per heavy atom. The molecule has 14 rings (SSSR count). The molecule has 90 heavy (non-hydrogen) atoms. The van der Waals surface area contributed by atoms with E-state index in [-0.39, 0.29) is 85.2 Å². The standard InChI is InChI=1S/C72H40F4O12S2/c73-53-25-41-21-47-48(22-42(41)26-54(53)74)62(78)51(61(47)77)29-45-31-57-59(71(45,67(81)85-33-37-13-5-1-6-14-37)68(82)86-34-38-15-7-2-8-16-38)65-66(89-57)60-58(90-65)32-46(30-52-63(79)49-23-43-27-55(75)56(76)28-44(43)24-50(49)64(52)80)72(60,69(83)87-35-39-17-9-3-10-18-39)70(84)88-36-40-19-11-4-12-20-40/h1-32H,33-36H2. The highest BCUT2D eigenvalue weighted by molar-refractivity contribution is 7.29. The number of hydrogen-bond acceptors (Lipinski definition) is 14. The van der Waals surface area contributed by atoms with Crippen LogP contribution in [0.15, 0.2) is 204 Å². The molecule has 2 heterocycles. The summed E-state index contributed by atoms with van der Waals surface area (Å²) in [6.45, 7) is -1.61. The number of fused-ring (bicyclic) bond motifs is 9. The van der Waals surface area contributed by atoms with Crippen LogP contribution in [0.2, 0.25) is 0 Å². The Morgan fingerprint density at radius 2 is 0.611 bits per heavy atom. The van der Waals surface area contributed by atoms with E-state index in [4.69, 9.17) is 18.9 Å². The summed E-state index contributed by atoms with van der Waals surface area (Å²) in [6, 6.07) is 42.6. The molecule has 8 aromatic carbocycles. The summed E-state index contributed by atoms with van der Waals surface area (Å²) in [7, 11) is 0. The van der Waals surface area contributed by atoms with E-state index in [1.807, 2.05) is 0 Å². The highest BCUT2D eigenvalue weighted by Gasteiger charge is 2.63. The summed E-state index contributed by atoms with van der Waals surface area (Å²) in [5, 5.41) is 0.452. The van der Waals surface area contributed by atoms with Crippen molar-refractivity contribution in [1.29, 1.82) is 0 Å². The Labute approximate surface area is 515 Å². The van der Waals surface area contributed by atoms with E-state index in [0.717, 1.165) is 59.1 Å². The molecule has 0 amide bonds. The fourth-order valence-electron chi connectivity index (χ4n) is 12.0. The first-order valence-electron chi connectivity index (χ1n) is 27.9. The van der Waals surface area contributed by atoms with Gasteiger partial charge >= 0.3 is 23.9 Å². The minimum Gasteiger partial charge on any atom is -0.459 e. The lowest BCUT2D eigenvalue weighted by Crippen LogP contribution is -2.46. The largest absolute Gasteiger partial charge is 0.459 e. The molecule has 10 aromatic rings. The van der Waals surface area contributed by atoms with Crippen molar-refractivity contribution >= 4 is 113 Å². The number of Topliss-reactive ketones (excluding diaryl/α,β-unsaturated/α-hetero) is 4. The minimum atomic E-state index is -2.72. The maximum Gasteiger partial charge on any atom is 0.333 e. The number of halogens is 4. The number of rotatable bonds is 14. The van der Waals surface area contributed by atoms with Crippen molar-refractivity contribution in [3.05, 3.63) is 293 Å². The second kappa shape index (κ2) is 22.1. The molecule has 0 N–H and O–H groups in total. The number of hydrogen-bond donors (Lipinski definition) is 0. The molecule has 0 fully saturated rings. The first kappa shape index (κ1) is 57.0. The predicted molar refractivity (Wildman–Crippen MR) is 325 cm³/mol. The van der Waals surface area contributed by atoms with E-state index in [1.165, 1.54) is 36.4 Å². The van der Waals surface area contributed by atoms with E-state index >= 15 is 19.2 Å². The number of benzene rings is 8. The van der Waals surface area contributed by atoms with E-state index in [1.54, 1.807) is 121 Å². The predicted octanol–water partition coefficient (Wildman–Crippen LogP) is 14.1. The third-order valence-corrected chi connectivity index (χ3v) is 18.9. The number of esters is 4. The zero-order valence-corrected chi connectivity index (χ0v) is 48.2. The van der Waals surface area contributed by atoms with Gasteiger partial charge in [-0.1, -0.05) is 121 Å². The van der Waals surface area contributed by atoms with Crippen LogP contribution in [0.25, 0.3) is 43.1 Å². The number of allylic oxidation sites excluding steroid dienone is 4. The SMILES string of the molecule is O=C1C(=CC2=Cc3sc4c5c(sc4c3C2(C(=O)OCc2ccccc2)C(=O)OCc2ccccc2)C=C(C=C2C(=O)c3cc4cc(F)c(F)cc4cc3C2=O)C5(C(=O)OCc2ccccc2)C(=O)OCc2ccccc2)C(=O)c2cc3cc(F)c(F)cc3cc21. The molecular formula is C72H40F4O12S2. The maximum atomic E-state index is 15.9. The zero-order chi connectivity index (χ0) is 62.3. The molecular weight excluding hydrogens is 1200 g/mol. The summed E-state index contributed by atoms with van der Waals surface area (Å²) in [4.78, 5) is 122. The van der Waals surface area contributed by atoms with Crippen molar-refractivity contribution in [3.8, 4) is 0 Å². The molecule has 12 nitrogen and oxygen atoms in total. The third kappa shape index (κ3) is 9.16. The summed E-state index contributed by atoms with van der Waals surface area (Å²) in [5.41, 5.74) is -5.78. The van der Waals surface area contributed by atoms with Crippen molar-refractivity contribution in [2.45, 2.75) is 37.3 Å². The Kier molecular flexibility index (Phi) is 14.0. The lowest BCUT2D eigenvalue weighted by Gasteiger charge is -2.29. The monoisotopic (exact) mass is 1240 g/mol. The van der Waals surface area contributed by atoms with Gasteiger partial charge in [-0.2, -0.15) is 0 Å². The summed E-state index contributed by atoms with van der Waals surface area (Å²) < 4.78 is 83.2. The van der Waals surface area contributed by atoms with Gasteiger partial charge < -0.3 is 18.9 Å². The van der Waals surface area contributed by atoms with Gasteiger partial charge in [-0.15, -0.1) is 22.7 Å². The van der Waals surface area contributed by atoms with E-state index < -0.39 is 119 Å². The average Bonchev–Trinajstić information content (AvgIpc) is 1.51. The van der Waals surface area contributed by atoms with Gasteiger partial charge in [-0.3, -0.25) is 38.4 Å². The highest BCUT2D eigenvalue weighted by atomic mass is 32.1. The summed E-state index contributed by atoms with van der Waals surface area (Å²) >= 11 is 1.82. The number of carbonyl (C=O) groups excluding carboxylic acids is 8. The molecule has 4 aliphatic rings. The van der Waals surface area contributed by atoms with Crippen LogP contribution >= 0.6 is 22.7 Å². The lowest BCUT2D eigenvalue weighted by molar-refractivity contribution is -0.166. The van der Waals surface area contributed by atoms with Crippen LogP contribution in [0, 0.1) is 23.3 Å². The smallest absolute Gasteiger partial charge is 0.333 e. The van der Waals surface area contributed by atoms with Crippen LogP contribution in [-0.4, -0.2) is 47.0 Å². The second-order valence-corrected chi connectivity index (χ2v) is 23.8. The fourth-order valence-corrected chi connectivity index (χ4v) is 15.1. The van der Waals surface area contributed by atoms with Crippen molar-refractivity contribution in [2.24, 2.45) is 0 Å². The van der Waals surface area contributed by atoms with Crippen LogP contribution in [0.5, 0.6) is 0 Å². The second-order valence-electron chi connectivity index (χ2n) is 21.7. The normalized spacial score (nSPS) is 14.9. The summed E-state index contributed by atoms with van der Waals surface area (Å²) in [5.74, 6) is -13.1. The van der Waals surface area contributed by atoms with Gasteiger partial charge in [0.15, 0.2) is 46.4 Å². The van der Waals surface area contributed by atoms with Gasteiger partial charge in [-0.25, -0.2) is 17.6 Å². The molecule has 2 aromatic heterocycles. The molecule has 0 saturated carbocycles. The van der Waals surface area contributed by atoms with Crippen molar-refractivity contribution in [2.75, 3.05) is 0 Å². The Bertz CT molecular complexity index is 4440. The molecule has 0 aliphatic heterocycles. The molecule has 0 radical (unpaired) electrons. The van der Waals surface area contributed by atoms with E-state index in [9.17, 15) is 36.7 Å². The van der Waals surface area contributed by atoms with Gasteiger partial charge in [-0.05, 0) is 128 Å². The average molecular weight is 1240 g/mol. The molecule has 18 heteroatoms. The first-order valence-corrected chi connectivity index (χ1v) is 29.5. The lowest BCUT2D eigenvalue weighted by atomic mass is 9.75. The van der Waals surface area contributed by atoms with Crippen LogP contribution in [-0.2, 0) is 75.4 Å². The summed E-state index contributed by atoms with van der Waals surface area (Å²) in [6.07, 6.45) is 5.00. The van der Waals surface area contributed by atoms with E-state index in [2.05, 4.69) is 0 Å². The van der Waals surface area contributed by atoms with E-state index in [0.29, 0.717) is 22.3 Å². The Hall–Kier alpha value is -10.8. The number of carbonyl (C=O) groups is 8. The maximum absolute atomic E-state index is 15.9. The molecule has 4 aliphatic carbocycles. The minimum absolute atomic E-state index is 0.0778. The van der Waals surface area contributed by atoms with Gasteiger partial charge in [0, 0.05) is 43.1 Å². The van der Waals surface area contributed by atoms with Crippen LogP contribution in [0.3, 0.4) is 0 Å². The molecule has 0 bridgehead atoms. The van der Waals surface area contributed by atoms with Crippen molar-refractivity contribution in [3.63, 3.8) is 0 Å². The Morgan fingerprint density at radius 3 is 0.856 bits per heavy atom. The fraction of sp³-hybridized carbons (Fsp3) is 0.0833.